The maximum absolute atomic E-state index is 10.6. The molecule has 0 aliphatic carbocycles. The van der Waals surface area contributed by atoms with Gasteiger partial charge in [0.1, 0.15) is 11.5 Å². The second-order valence-corrected chi connectivity index (χ2v) is 13.8. The summed E-state index contributed by atoms with van der Waals surface area (Å²) in [6, 6.07) is 11.8. The quantitative estimate of drug-likeness (QED) is 0.416. The molecule has 0 heterocycles. The van der Waals surface area contributed by atoms with E-state index in [-0.39, 0.29) is 49.9 Å². The molecule has 0 amide bonds. The second kappa shape index (κ2) is 10.0. The summed E-state index contributed by atoms with van der Waals surface area (Å²) in [5.74, 6) is 0.498. The van der Waals surface area contributed by atoms with Crippen LogP contribution in [0.1, 0.15) is 93.2 Å². The largest absolute Gasteiger partial charge is 0.507 e. The first-order chi connectivity index (χ1) is 13.9. The van der Waals surface area contributed by atoms with Crippen LogP contribution in [-0.4, -0.2) is 10.2 Å². The van der Waals surface area contributed by atoms with Crippen LogP contribution in [0, 0.1) is 10.8 Å². The Morgan fingerprint density at radius 3 is 1.19 bits per heavy atom. The molecule has 0 aliphatic rings. The molecule has 1 radical (unpaired) electrons. The first-order valence-electron chi connectivity index (χ1n) is 11.2. The molecule has 0 spiro atoms. The molecule has 2 aromatic rings. The van der Waals surface area contributed by atoms with Gasteiger partial charge in [0.15, 0.2) is 0 Å². The number of phenolic OH excluding ortho intramolecular Hbond substituents is 2. The Morgan fingerprint density at radius 2 is 0.906 bits per heavy atom. The van der Waals surface area contributed by atoms with Crippen molar-refractivity contribution < 1.29 is 27.0 Å². The number of phenols is 2. The molecule has 2 rings (SSSR count). The van der Waals surface area contributed by atoms with Crippen molar-refractivity contribution in [2.45, 2.75) is 103 Å². The van der Waals surface area contributed by atoms with Crippen molar-refractivity contribution in [1.82, 2.24) is 0 Å². The summed E-state index contributed by atoms with van der Waals surface area (Å²) in [7, 11) is 0. The van der Waals surface area contributed by atoms with Gasteiger partial charge >= 0.3 is 0 Å². The predicted octanol–water partition coefficient (Wildman–Crippen LogP) is 8.67. The molecule has 2 aromatic carbocycles. The normalized spacial score (nSPS) is 13.1. The van der Waals surface area contributed by atoms with E-state index >= 15 is 0 Å². The van der Waals surface area contributed by atoms with Gasteiger partial charge in [0.2, 0.25) is 0 Å². The molecular weight excluding hydrogens is 459 g/mol. The average molecular weight is 502 g/mol. The molecule has 4 heteroatoms. The van der Waals surface area contributed by atoms with Gasteiger partial charge in [-0.05, 0) is 69.9 Å². The van der Waals surface area contributed by atoms with Crippen molar-refractivity contribution >= 4 is 11.8 Å². The van der Waals surface area contributed by atoms with Gasteiger partial charge in [-0.15, -0.1) is 0 Å². The summed E-state index contributed by atoms with van der Waals surface area (Å²) in [5.41, 5.74) is 2.79. The van der Waals surface area contributed by atoms with Crippen LogP contribution in [0.4, 0.5) is 0 Å². The molecule has 181 valence electrons. The van der Waals surface area contributed by atoms with Gasteiger partial charge in [0.25, 0.3) is 0 Å². The molecule has 2 N–H and O–H groups in total. The Morgan fingerprint density at radius 1 is 0.594 bits per heavy atom. The van der Waals surface area contributed by atoms with E-state index in [4.69, 9.17) is 0 Å². The van der Waals surface area contributed by atoms with E-state index in [2.05, 4.69) is 81.4 Å². The van der Waals surface area contributed by atoms with Gasteiger partial charge in [0.05, 0.1) is 9.79 Å². The first kappa shape index (κ1) is 28.9. The van der Waals surface area contributed by atoms with Crippen molar-refractivity contribution in [3.8, 4) is 11.5 Å². The summed E-state index contributed by atoms with van der Waals surface area (Å²) in [6.45, 7) is 22.6. The molecule has 2 nitrogen and oxygen atoms in total. The fourth-order valence-corrected chi connectivity index (χ4v) is 5.96. The fraction of sp³-hybridized carbons (Fsp3) is 0.571. The average Bonchev–Trinajstić information content (AvgIpc) is 2.54. The zero-order valence-electron chi connectivity index (χ0n) is 21.5. The monoisotopic (exact) mass is 501 g/mol. The molecule has 0 saturated carbocycles. The molecule has 0 aliphatic heterocycles. The van der Waals surface area contributed by atoms with Crippen LogP contribution < -0.4 is 0 Å². The molecule has 0 fully saturated rings. The third kappa shape index (κ3) is 8.04. The van der Waals surface area contributed by atoms with Gasteiger partial charge in [-0.1, -0.05) is 93.1 Å². The van der Waals surface area contributed by atoms with Crippen LogP contribution in [0.3, 0.4) is 0 Å². The van der Waals surface area contributed by atoms with E-state index in [1.165, 1.54) is 22.9 Å². The summed E-state index contributed by atoms with van der Waals surface area (Å²) < 4.78 is 0. The molecule has 0 bridgehead atoms. The Bertz CT molecular complexity index is 843. The second-order valence-electron chi connectivity index (χ2n) is 12.7. The predicted molar refractivity (Wildman–Crippen MR) is 135 cm³/mol. The Balaban J connectivity index is 0.00000512. The van der Waals surface area contributed by atoms with E-state index < -0.39 is 0 Å². The number of rotatable bonds is 6. The Hall–Kier alpha value is -1.10. The topological polar surface area (TPSA) is 40.5 Å². The number of aromatic hydroxyl groups is 2. The van der Waals surface area contributed by atoms with Gasteiger partial charge < -0.3 is 10.2 Å². The van der Waals surface area contributed by atoms with Crippen molar-refractivity contribution in [3.05, 3.63) is 47.5 Å². The van der Waals surface area contributed by atoms with Crippen molar-refractivity contribution in [2.24, 2.45) is 10.8 Å². The smallest absolute Gasteiger partial charge is 0.129 e. The van der Waals surface area contributed by atoms with Crippen molar-refractivity contribution in [2.75, 3.05) is 0 Å². The van der Waals surface area contributed by atoms with Crippen LogP contribution >= 0.6 is 11.8 Å². The number of hydrogen-bond acceptors (Lipinski definition) is 3. The fourth-order valence-electron chi connectivity index (χ4n) is 5.01. The zero-order valence-corrected chi connectivity index (χ0v) is 23.4. The molecule has 32 heavy (non-hydrogen) atoms. The minimum Gasteiger partial charge on any atom is -0.507 e. The summed E-state index contributed by atoms with van der Waals surface area (Å²) in [4.78, 5) is 1.56. The van der Waals surface area contributed by atoms with Crippen LogP contribution in [-0.2, 0) is 27.6 Å². The van der Waals surface area contributed by atoms with Crippen LogP contribution in [0.2, 0.25) is 0 Å². The minimum absolute atomic E-state index is 0. The van der Waals surface area contributed by atoms with Crippen LogP contribution in [0.15, 0.2) is 46.2 Å². The molecule has 0 unspecified atom stereocenters. The van der Waals surface area contributed by atoms with Gasteiger partial charge in [-0.2, -0.15) is 0 Å². The number of benzene rings is 2. The van der Waals surface area contributed by atoms with E-state index in [0.29, 0.717) is 0 Å². The standard InChI is InChI=1S/C28H42O2S.Co/c1-25(2,3)17-27(7,8)19-11-13-21(29)23(15-19)31-24-16-20(12-14-22(24)30)28(9,10)18-26(4,5)6;/h11-16,29-30H,17-18H2,1-10H3;. The maximum Gasteiger partial charge on any atom is 0.129 e. The van der Waals surface area contributed by atoms with E-state index in [1.54, 1.807) is 12.1 Å². The summed E-state index contributed by atoms with van der Waals surface area (Å²) in [6.07, 6.45) is 2.08. The molecule has 0 aromatic heterocycles. The van der Waals surface area contributed by atoms with Crippen molar-refractivity contribution in [3.63, 3.8) is 0 Å². The Labute approximate surface area is 210 Å². The van der Waals surface area contributed by atoms with Gasteiger partial charge in [-0.25, -0.2) is 0 Å². The number of hydrogen-bond donors (Lipinski definition) is 2. The van der Waals surface area contributed by atoms with Crippen molar-refractivity contribution in [1.29, 1.82) is 0 Å². The van der Waals surface area contributed by atoms with E-state index in [0.717, 1.165) is 22.6 Å². The SMILES string of the molecule is CC(C)(C)CC(C)(C)c1ccc(O)c(Sc2cc(C(C)(C)CC(C)(C)C)ccc2O)c1.[Co]. The summed E-state index contributed by atoms with van der Waals surface area (Å²) >= 11 is 1.44. The minimum atomic E-state index is -0.0140. The maximum atomic E-state index is 10.6. The van der Waals surface area contributed by atoms with Crippen LogP contribution in [0.5, 0.6) is 11.5 Å². The van der Waals surface area contributed by atoms with Gasteiger partial charge in [0, 0.05) is 16.8 Å². The Kier molecular flexibility index (Phi) is 9.06. The van der Waals surface area contributed by atoms with E-state index in [9.17, 15) is 10.2 Å². The van der Waals surface area contributed by atoms with Crippen LogP contribution in [0.25, 0.3) is 0 Å². The first-order valence-corrected chi connectivity index (χ1v) is 12.1. The molecule has 0 atom stereocenters. The third-order valence-electron chi connectivity index (χ3n) is 5.65. The molecule has 0 saturated heterocycles. The summed E-state index contributed by atoms with van der Waals surface area (Å²) in [5, 5.41) is 21.1. The van der Waals surface area contributed by atoms with E-state index in [1.807, 2.05) is 12.1 Å². The molecular formula is C28H42CoO2S. The zero-order chi connectivity index (χ0) is 23.8. The van der Waals surface area contributed by atoms with Gasteiger partial charge in [-0.3, -0.25) is 0 Å². The third-order valence-corrected chi connectivity index (χ3v) is 6.74.